The number of hydrogen-bond donors (Lipinski definition) is 2. The third-order valence-electron chi connectivity index (χ3n) is 2.62. The van der Waals surface area contributed by atoms with E-state index >= 15 is 0 Å². The molecular formula is C11H14N2O. The maximum atomic E-state index is 11.6. The van der Waals surface area contributed by atoms with Crippen LogP contribution in [0.5, 0.6) is 0 Å². The first-order valence-electron chi connectivity index (χ1n) is 4.72. The van der Waals surface area contributed by atoms with Crippen molar-refractivity contribution >= 4 is 11.6 Å². The predicted molar refractivity (Wildman–Crippen MR) is 56.3 cm³/mol. The van der Waals surface area contributed by atoms with E-state index in [2.05, 4.69) is 22.8 Å². The molecule has 0 saturated carbocycles. The van der Waals surface area contributed by atoms with Crippen molar-refractivity contribution in [1.82, 2.24) is 5.32 Å². The average Bonchev–Trinajstić information content (AvgIpc) is 2.41. The molecule has 3 heteroatoms. The van der Waals surface area contributed by atoms with Gasteiger partial charge in [-0.3, -0.25) is 4.79 Å². The van der Waals surface area contributed by atoms with E-state index in [1.807, 2.05) is 13.8 Å². The Balaban J connectivity index is 2.58. The van der Waals surface area contributed by atoms with Gasteiger partial charge in [-0.15, -0.1) is 0 Å². The van der Waals surface area contributed by atoms with Crippen LogP contribution in [0.4, 0.5) is 5.69 Å². The van der Waals surface area contributed by atoms with Gasteiger partial charge in [-0.25, -0.2) is 0 Å². The number of rotatable bonds is 1. The highest BCUT2D eigenvalue weighted by atomic mass is 16.2. The zero-order valence-electron chi connectivity index (χ0n) is 8.64. The quantitative estimate of drug-likeness (QED) is 0.705. The summed E-state index contributed by atoms with van der Waals surface area (Å²) < 4.78 is 0. The van der Waals surface area contributed by atoms with Crippen molar-refractivity contribution in [1.29, 1.82) is 0 Å². The molecule has 0 fully saturated rings. The molecule has 1 aliphatic heterocycles. The zero-order chi connectivity index (χ0) is 10.3. The lowest BCUT2D eigenvalue weighted by Gasteiger charge is -2.08. The number of fused-ring (bicyclic) bond motifs is 1. The van der Waals surface area contributed by atoms with Crippen LogP contribution in [0.15, 0.2) is 12.1 Å². The first-order chi connectivity index (χ1) is 6.63. The fourth-order valence-corrected chi connectivity index (χ4v) is 2.02. The number of hydrogen-bond acceptors (Lipinski definition) is 2. The molecule has 2 N–H and O–H groups in total. The summed E-state index contributed by atoms with van der Waals surface area (Å²) in [5.41, 5.74) is 4.36. The lowest BCUT2D eigenvalue weighted by Crippen LogP contribution is -2.23. The van der Waals surface area contributed by atoms with Crippen LogP contribution < -0.4 is 10.6 Å². The fourth-order valence-electron chi connectivity index (χ4n) is 2.02. The number of benzene rings is 1. The lowest BCUT2D eigenvalue weighted by atomic mass is 10.0. The second-order valence-corrected chi connectivity index (χ2v) is 3.76. The second kappa shape index (κ2) is 3.10. The van der Waals surface area contributed by atoms with E-state index < -0.39 is 0 Å². The highest BCUT2D eigenvalue weighted by Crippen LogP contribution is 2.34. The van der Waals surface area contributed by atoms with Crippen molar-refractivity contribution in [2.45, 2.75) is 19.9 Å². The van der Waals surface area contributed by atoms with Crippen LogP contribution in [-0.2, 0) is 4.79 Å². The van der Waals surface area contributed by atoms with Gasteiger partial charge >= 0.3 is 0 Å². The zero-order valence-corrected chi connectivity index (χ0v) is 8.64. The predicted octanol–water partition coefficient (Wildman–Crippen LogP) is 1.52. The van der Waals surface area contributed by atoms with Gasteiger partial charge in [0.25, 0.3) is 0 Å². The van der Waals surface area contributed by atoms with Gasteiger partial charge in [-0.1, -0.05) is 17.7 Å². The highest BCUT2D eigenvalue weighted by Gasteiger charge is 2.30. The minimum absolute atomic E-state index is 0.0381. The van der Waals surface area contributed by atoms with E-state index in [1.54, 1.807) is 7.05 Å². The van der Waals surface area contributed by atoms with E-state index in [-0.39, 0.29) is 11.9 Å². The van der Waals surface area contributed by atoms with Gasteiger partial charge in [0.15, 0.2) is 0 Å². The van der Waals surface area contributed by atoms with E-state index in [1.165, 1.54) is 5.56 Å². The van der Waals surface area contributed by atoms with Crippen LogP contribution >= 0.6 is 0 Å². The van der Waals surface area contributed by atoms with Crippen LogP contribution in [0.3, 0.4) is 0 Å². The lowest BCUT2D eigenvalue weighted by molar-refractivity contribution is -0.117. The molecule has 0 aromatic heterocycles. The molecule has 1 aromatic rings. The molecule has 0 radical (unpaired) electrons. The summed E-state index contributed by atoms with van der Waals surface area (Å²) in [7, 11) is 1.80. The molecule has 0 bridgehead atoms. The number of amides is 1. The number of carbonyl (C=O) groups is 1. The summed E-state index contributed by atoms with van der Waals surface area (Å²) in [6.07, 6.45) is 0. The van der Waals surface area contributed by atoms with Crippen LogP contribution in [0, 0.1) is 13.8 Å². The van der Waals surface area contributed by atoms with Crippen molar-refractivity contribution in [2.75, 3.05) is 12.4 Å². The average molecular weight is 190 g/mol. The summed E-state index contributed by atoms with van der Waals surface area (Å²) >= 11 is 0. The Hall–Kier alpha value is -1.35. The van der Waals surface area contributed by atoms with Gasteiger partial charge in [0.1, 0.15) is 6.04 Å². The molecule has 3 nitrogen and oxygen atoms in total. The Morgan fingerprint density at radius 2 is 2.07 bits per heavy atom. The monoisotopic (exact) mass is 190 g/mol. The van der Waals surface area contributed by atoms with Crippen molar-refractivity contribution in [3.05, 3.63) is 28.8 Å². The number of aryl methyl sites for hydroxylation is 2. The Morgan fingerprint density at radius 1 is 1.36 bits per heavy atom. The van der Waals surface area contributed by atoms with Crippen molar-refractivity contribution in [2.24, 2.45) is 0 Å². The summed E-state index contributed by atoms with van der Waals surface area (Å²) in [6.45, 7) is 4.06. The molecule has 1 aromatic carbocycles. The standard InChI is InChI=1S/C11H14N2O/c1-6-4-7(2)9-8(5-6)10(12-3)11(14)13-9/h4-5,10,12H,1-3H3,(H,13,14). The maximum absolute atomic E-state index is 11.6. The molecule has 14 heavy (non-hydrogen) atoms. The van der Waals surface area contributed by atoms with Crippen molar-refractivity contribution < 1.29 is 4.79 Å². The number of anilines is 1. The summed E-state index contributed by atoms with van der Waals surface area (Å²) in [4.78, 5) is 11.6. The fraction of sp³-hybridized carbons (Fsp3) is 0.364. The van der Waals surface area contributed by atoms with Crippen molar-refractivity contribution in [3.8, 4) is 0 Å². The largest absolute Gasteiger partial charge is 0.324 e. The van der Waals surface area contributed by atoms with Crippen LogP contribution in [0.1, 0.15) is 22.7 Å². The van der Waals surface area contributed by atoms with Gasteiger partial charge < -0.3 is 10.6 Å². The van der Waals surface area contributed by atoms with Gasteiger partial charge in [0, 0.05) is 11.3 Å². The molecule has 0 saturated heterocycles. The minimum Gasteiger partial charge on any atom is -0.324 e. The summed E-state index contributed by atoms with van der Waals surface area (Å²) in [6, 6.07) is 3.95. The Morgan fingerprint density at radius 3 is 2.71 bits per heavy atom. The minimum atomic E-state index is -0.191. The summed E-state index contributed by atoms with van der Waals surface area (Å²) in [5, 5.41) is 5.90. The third-order valence-corrected chi connectivity index (χ3v) is 2.62. The molecule has 1 unspecified atom stereocenters. The molecule has 0 aliphatic carbocycles. The molecule has 0 spiro atoms. The molecule has 1 heterocycles. The summed E-state index contributed by atoms with van der Waals surface area (Å²) in [5.74, 6) is 0.0381. The third kappa shape index (κ3) is 1.21. The van der Waals surface area contributed by atoms with Crippen LogP contribution in [-0.4, -0.2) is 13.0 Å². The first-order valence-corrected chi connectivity index (χ1v) is 4.72. The number of likely N-dealkylation sites (N-methyl/N-ethyl adjacent to an activating group) is 1. The maximum Gasteiger partial charge on any atom is 0.246 e. The smallest absolute Gasteiger partial charge is 0.246 e. The Kier molecular flexibility index (Phi) is 2.04. The number of carbonyl (C=O) groups excluding carboxylic acids is 1. The van der Waals surface area contributed by atoms with E-state index in [4.69, 9.17) is 0 Å². The van der Waals surface area contributed by atoms with E-state index in [9.17, 15) is 4.79 Å². The van der Waals surface area contributed by atoms with Gasteiger partial charge in [-0.05, 0) is 26.5 Å². The van der Waals surface area contributed by atoms with Gasteiger partial charge in [-0.2, -0.15) is 0 Å². The number of nitrogens with one attached hydrogen (secondary N) is 2. The first kappa shape index (κ1) is 9.21. The molecule has 1 atom stereocenters. The Labute approximate surface area is 83.5 Å². The Bertz CT molecular complexity index is 399. The normalized spacial score (nSPS) is 19.4. The second-order valence-electron chi connectivity index (χ2n) is 3.76. The van der Waals surface area contributed by atoms with E-state index in [0.717, 1.165) is 16.8 Å². The molecule has 1 amide bonds. The van der Waals surface area contributed by atoms with Crippen LogP contribution in [0.25, 0.3) is 0 Å². The SMILES string of the molecule is CNC1C(=O)Nc2c(C)cc(C)cc21. The molecule has 74 valence electrons. The van der Waals surface area contributed by atoms with Crippen molar-refractivity contribution in [3.63, 3.8) is 0 Å². The highest BCUT2D eigenvalue weighted by molar-refractivity contribution is 6.03. The van der Waals surface area contributed by atoms with Crippen LogP contribution in [0.2, 0.25) is 0 Å². The van der Waals surface area contributed by atoms with E-state index in [0.29, 0.717) is 0 Å². The van der Waals surface area contributed by atoms with Gasteiger partial charge in [0.05, 0.1) is 0 Å². The topological polar surface area (TPSA) is 41.1 Å². The van der Waals surface area contributed by atoms with Gasteiger partial charge in [0.2, 0.25) is 5.91 Å². The molecule has 2 rings (SSSR count). The molecule has 1 aliphatic rings. The molecular weight excluding hydrogens is 176 g/mol.